The van der Waals surface area contributed by atoms with E-state index < -0.39 is 5.60 Å². The van der Waals surface area contributed by atoms with Crippen LogP contribution in [0.1, 0.15) is 46.5 Å². The van der Waals surface area contributed by atoms with Crippen molar-refractivity contribution in [1.82, 2.24) is 15.5 Å². The molecule has 2 rings (SSSR count). The second-order valence-electron chi connectivity index (χ2n) is 6.94. The average molecular weight is 283 g/mol. The molecule has 0 atom stereocenters. The van der Waals surface area contributed by atoms with E-state index in [1.54, 1.807) is 0 Å². The fourth-order valence-electron chi connectivity index (χ4n) is 3.11. The molecular weight excluding hydrogens is 254 g/mol. The molecule has 0 bridgehead atoms. The molecule has 5 nitrogen and oxygen atoms in total. The van der Waals surface area contributed by atoms with Crippen LogP contribution >= 0.6 is 0 Å². The minimum absolute atomic E-state index is 0.275. The van der Waals surface area contributed by atoms with E-state index in [2.05, 4.69) is 15.5 Å². The maximum Gasteiger partial charge on any atom is 0.407 e. The second-order valence-corrected chi connectivity index (χ2v) is 6.94. The lowest BCUT2D eigenvalue weighted by Crippen LogP contribution is -2.51. The van der Waals surface area contributed by atoms with Crippen LogP contribution in [0.4, 0.5) is 4.79 Å². The predicted molar refractivity (Wildman–Crippen MR) is 79.9 cm³/mol. The second kappa shape index (κ2) is 6.76. The third kappa shape index (κ3) is 4.94. The number of alkyl carbamates (subject to hydrolysis) is 1. The Hall–Kier alpha value is -0.810. The number of piperazine rings is 1. The third-order valence-corrected chi connectivity index (χ3v) is 4.09. The zero-order valence-corrected chi connectivity index (χ0v) is 13.1. The summed E-state index contributed by atoms with van der Waals surface area (Å²) in [6.07, 6.45) is 4.21. The summed E-state index contributed by atoms with van der Waals surface area (Å²) < 4.78 is 5.31. The fraction of sp³-hybridized carbons (Fsp3) is 0.933. The molecule has 5 heteroatoms. The minimum Gasteiger partial charge on any atom is -0.444 e. The van der Waals surface area contributed by atoms with Crippen LogP contribution in [-0.2, 0) is 4.74 Å². The van der Waals surface area contributed by atoms with Crippen molar-refractivity contribution in [2.24, 2.45) is 0 Å². The van der Waals surface area contributed by atoms with Crippen LogP contribution in [-0.4, -0.2) is 54.9 Å². The van der Waals surface area contributed by atoms with Crippen molar-refractivity contribution in [2.75, 3.05) is 26.2 Å². The Morgan fingerprint density at radius 3 is 2.30 bits per heavy atom. The zero-order chi connectivity index (χ0) is 14.6. The first-order chi connectivity index (χ1) is 9.44. The molecule has 1 saturated carbocycles. The lowest BCUT2D eigenvalue weighted by Gasteiger charge is -2.39. The van der Waals surface area contributed by atoms with Gasteiger partial charge in [-0.15, -0.1) is 0 Å². The molecular formula is C15H29N3O2. The highest BCUT2D eigenvalue weighted by molar-refractivity contribution is 5.68. The van der Waals surface area contributed by atoms with Gasteiger partial charge in [-0.2, -0.15) is 0 Å². The number of hydrogen-bond acceptors (Lipinski definition) is 4. The molecule has 1 saturated heterocycles. The molecule has 2 fully saturated rings. The van der Waals surface area contributed by atoms with Crippen molar-refractivity contribution in [3.05, 3.63) is 0 Å². The molecule has 20 heavy (non-hydrogen) atoms. The molecule has 1 aliphatic heterocycles. The Balaban J connectivity index is 1.70. The first-order valence-electron chi connectivity index (χ1n) is 7.88. The van der Waals surface area contributed by atoms with Crippen molar-refractivity contribution in [1.29, 1.82) is 0 Å². The Morgan fingerprint density at radius 1 is 1.15 bits per heavy atom. The quantitative estimate of drug-likeness (QED) is 0.810. The highest BCUT2D eigenvalue weighted by Gasteiger charge is 2.28. The van der Waals surface area contributed by atoms with Crippen LogP contribution in [0.15, 0.2) is 0 Å². The highest BCUT2D eigenvalue weighted by atomic mass is 16.6. The molecule has 2 N–H and O–H groups in total. The van der Waals surface area contributed by atoms with E-state index in [9.17, 15) is 4.79 Å². The summed E-state index contributed by atoms with van der Waals surface area (Å²) in [5.74, 6) is 0. The van der Waals surface area contributed by atoms with Crippen molar-refractivity contribution >= 4 is 6.09 Å². The zero-order valence-electron chi connectivity index (χ0n) is 13.1. The smallest absolute Gasteiger partial charge is 0.407 e. The number of rotatable bonds is 2. The lowest BCUT2D eigenvalue weighted by atomic mass is 9.90. The van der Waals surface area contributed by atoms with Gasteiger partial charge < -0.3 is 15.4 Å². The van der Waals surface area contributed by atoms with Crippen molar-refractivity contribution in [3.63, 3.8) is 0 Å². The van der Waals surface area contributed by atoms with Gasteiger partial charge in [0.1, 0.15) is 5.60 Å². The van der Waals surface area contributed by atoms with Gasteiger partial charge in [0.05, 0.1) is 0 Å². The van der Waals surface area contributed by atoms with Gasteiger partial charge >= 0.3 is 6.09 Å². The van der Waals surface area contributed by atoms with E-state index in [1.165, 1.54) is 12.8 Å². The van der Waals surface area contributed by atoms with E-state index in [0.717, 1.165) is 39.0 Å². The molecule has 1 heterocycles. The van der Waals surface area contributed by atoms with E-state index >= 15 is 0 Å². The van der Waals surface area contributed by atoms with Crippen LogP contribution in [0.25, 0.3) is 0 Å². The summed E-state index contributed by atoms with van der Waals surface area (Å²) in [6, 6.07) is 0.984. The van der Waals surface area contributed by atoms with Gasteiger partial charge in [-0.3, -0.25) is 4.90 Å². The molecule has 0 aromatic carbocycles. The highest BCUT2D eigenvalue weighted by Crippen LogP contribution is 2.23. The van der Waals surface area contributed by atoms with Gasteiger partial charge in [0.25, 0.3) is 0 Å². The number of carbonyl (C=O) groups excluding carboxylic acids is 1. The summed E-state index contributed by atoms with van der Waals surface area (Å²) in [7, 11) is 0. The summed E-state index contributed by atoms with van der Waals surface area (Å²) in [6.45, 7) is 10.2. The standard InChI is InChI=1S/C15H29N3O2/c1-15(2,3)20-14(19)17-12-4-6-13(7-5-12)18-10-8-16-9-11-18/h12-13,16H,4-11H2,1-3H3,(H,17,19)/t12-,13-. The number of nitrogens with zero attached hydrogens (tertiary/aromatic N) is 1. The average Bonchev–Trinajstić information content (AvgIpc) is 2.38. The van der Waals surface area contributed by atoms with Gasteiger partial charge in [-0.25, -0.2) is 4.79 Å². The number of amides is 1. The molecule has 0 aromatic rings. The Labute approximate surface area is 122 Å². The lowest BCUT2D eigenvalue weighted by molar-refractivity contribution is 0.0474. The van der Waals surface area contributed by atoms with E-state index in [1.807, 2.05) is 20.8 Å². The van der Waals surface area contributed by atoms with Crippen LogP contribution in [0.3, 0.4) is 0 Å². The SMILES string of the molecule is CC(C)(C)OC(=O)N[C@H]1CC[C@H](N2CCNCC2)CC1. The van der Waals surface area contributed by atoms with Crippen LogP contribution in [0.5, 0.6) is 0 Å². The molecule has 2 aliphatic rings. The van der Waals surface area contributed by atoms with E-state index in [0.29, 0.717) is 6.04 Å². The minimum atomic E-state index is -0.415. The Kier molecular flexibility index (Phi) is 5.27. The topological polar surface area (TPSA) is 53.6 Å². The maximum absolute atomic E-state index is 11.8. The first-order valence-corrected chi connectivity index (χ1v) is 7.88. The molecule has 0 aromatic heterocycles. The molecule has 0 unspecified atom stereocenters. The van der Waals surface area contributed by atoms with Crippen molar-refractivity contribution < 1.29 is 9.53 Å². The number of nitrogens with one attached hydrogen (secondary N) is 2. The number of ether oxygens (including phenoxy) is 1. The molecule has 1 aliphatic carbocycles. The van der Waals surface area contributed by atoms with Gasteiger partial charge in [-0.05, 0) is 46.5 Å². The summed E-state index contributed by atoms with van der Waals surface area (Å²) in [4.78, 5) is 14.4. The maximum atomic E-state index is 11.8. The normalized spacial score (nSPS) is 28.9. The summed E-state index contributed by atoms with van der Waals surface area (Å²) in [5.41, 5.74) is -0.415. The summed E-state index contributed by atoms with van der Waals surface area (Å²) >= 11 is 0. The van der Waals surface area contributed by atoms with Gasteiger partial charge in [0, 0.05) is 38.3 Å². The molecule has 116 valence electrons. The largest absolute Gasteiger partial charge is 0.444 e. The van der Waals surface area contributed by atoms with E-state index in [-0.39, 0.29) is 12.1 Å². The van der Waals surface area contributed by atoms with Crippen LogP contribution < -0.4 is 10.6 Å². The Bertz CT molecular complexity index is 314. The number of hydrogen-bond donors (Lipinski definition) is 2. The fourth-order valence-corrected chi connectivity index (χ4v) is 3.11. The monoisotopic (exact) mass is 283 g/mol. The molecule has 0 radical (unpaired) electrons. The predicted octanol–water partition coefficient (Wildman–Crippen LogP) is 1.73. The third-order valence-electron chi connectivity index (χ3n) is 4.09. The Morgan fingerprint density at radius 2 is 1.75 bits per heavy atom. The van der Waals surface area contributed by atoms with Gasteiger partial charge in [-0.1, -0.05) is 0 Å². The van der Waals surface area contributed by atoms with E-state index in [4.69, 9.17) is 4.74 Å². The first kappa shape index (κ1) is 15.6. The van der Waals surface area contributed by atoms with Crippen molar-refractivity contribution in [3.8, 4) is 0 Å². The van der Waals surface area contributed by atoms with Gasteiger partial charge in [0.15, 0.2) is 0 Å². The number of carbonyl (C=O) groups is 1. The molecule has 1 amide bonds. The van der Waals surface area contributed by atoms with Crippen LogP contribution in [0, 0.1) is 0 Å². The summed E-state index contributed by atoms with van der Waals surface area (Å²) in [5, 5.41) is 6.40. The molecule has 0 spiro atoms. The van der Waals surface area contributed by atoms with Gasteiger partial charge in [0.2, 0.25) is 0 Å². The van der Waals surface area contributed by atoms with Crippen molar-refractivity contribution in [2.45, 2.75) is 64.1 Å². The van der Waals surface area contributed by atoms with Crippen LogP contribution in [0.2, 0.25) is 0 Å².